The van der Waals surface area contributed by atoms with Gasteiger partial charge < -0.3 is 33.9 Å². The minimum absolute atomic E-state index is 0.127. The number of ether oxygens (including phenoxy) is 5. The van der Waals surface area contributed by atoms with E-state index in [4.69, 9.17) is 23.7 Å². The fourth-order valence-corrected chi connectivity index (χ4v) is 8.98. The van der Waals surface area contributed by atoms with Crippen LogP contribution < -0.4 is 19.7 Å². The molecule has 1 amide bonds. The van der Waals surface area contributed by atoms with E-state index in [2.05, 4.69) is 16.3 Å². The van der Waals surface area contributed by atoms with Crippen molar-refractivity contribution < 1.29 is 36.9 Å². The fourth-order valence-electron chi connectivity index (χ4n) is 7.33. The van der Waals surface area contributed by atoms with E-state index in [-0.39, 0.29) is 29.9 Å². The first-order valence-corrected chi connectivity index (χ1v) is 20.0. The van der Waals surface area contributed by atoms with Crippen molar-refractivity contribution in [3.63, 3.8) is 0 Å². The van der Waals surface area contributed by atoms with Crippen LogP contribution in [0.2, 0.25) is 0 Å². The summed E-state index contributed by atoms with van der Waals surface area (Å²) in [5, 5.41) is 2.77. The van der Waals surface area contributed by atoms with Crippen molar-refractivity contribution in [2.45, 2.75) is 76.0 Å². The van der Waals surface area contributed by atoms with Crippen LogP contribution in [0.5, 0.6) is 11.5 Å². The third kappa shape index (κ3) is 10.3. The van der Waals surface area contributed by atoms with Crippen LogP contribution in [-0.2, 0) is 35.6 Å². The van der Waals surface area contributed by atoms with E-state index >= 15 is 0 Å². The Morgan fingerprint density at radius 1 is 0.962 bits per heavy atom. The Balaban J connectivity index is 1.47. The SMILES string of the molecule is CNC(=O)C(C)(C)C[C@@H]1C[C@H](c2ccc(OCCCOC)cc2)[C@@H](OCc2ccc3c(c2)N(CCCOC)CCO3)CN1S(=O)(=O)c1ccc(C)cc1. The van der Waals surface area contributed by atoms with Gasteiger partial charge in [-0.3, -0.25) is 4.79 Å². The van der Waals surface area contributed by atoms with Crippen LogP contribution in [0.3, 0.4) is 0 Å². The summed E-state index contributed by atoms with van der Waals surface area (Å²) in [6.07, 6.45) is 2.01. The molecule has 5 rings (SSSR count). The molecule has 12 heteroatoms. The molecule has 2 heterocycles. The molecule has 11 nitrogen and oxygen atoms in total. The van der Waals surface area contributed by atoms with Crippen LogP contribution in [0.4, 0.5) is 5.69 Å². The molecule has 290 valence electrons. The number of carbonyl (C=O) groups excluding carboxylic acids is 1. The molecule has 0 aromatic heterocycles. The molecule has 2 aliphatic heterocycles. The molecule has 0 unspecified atom stereocenters. The predicted octanol–water partition coefficient (Wildman–Crippen LogP) is 5.94. The number of aryl methyl sites for hydroxylation is 1. The molecule has 53 heavy (non-hydrogen) atoms. The number of fused-ring (bicyclic) bond motifs is 1. The number of nitrogens with zero attached hydrogens (tertiary/aromatic N) is 2. The van der Waals surface area contributed by atoms with Gasteiger partial charge in [0.05, 0.1) is 36.4 Å². The maximum Gasteiger partial charge on any atom is 0.243 e. The van der Waals surface area contributed by atoms with Crippen LogP contribution >= 0.6 is 0 Å². The van der Waals surface area contributed by atoms with E-state index in [1.807, 2.05) is 69.3 Å². The lowest BCUT2D eigenvalue weighted by atomic mass is 9.77. The number of nitrogens with one attached hydrogen (secondary N) is 1. The summed E-state index contributed by atoms with van der Waals surface area (Å²) in [6, 6.07) is 20.6. The number of hydrogen-bond acceptors (Lipinski definition) is 9. The Labute approximate surface area is 315 Å². The molecular formula is C41H57N3O8S. The molecule has 0 aliphatic carbocycles. The lowest BCUT2D eigenvalue weighted by Gasteiger charge is -2.45. The molecule has 3 atom stereocenters. The van der Waals surface area contributed by atoms with Gasteiger partial charge in [-0.15, -0.1) is 0 Å². The van der Waals surface area contributed by atoms with E-state index in [0.717, 1.165) is 59.8 Å². The van der Waals surface area contributed by atoms with Crippen molar-refractivity contribution >= 4 is 21.6 Å². The summed E-state index contributed by atoms with van der Waals surface area (Å²) in [6.45, 7) is 10.2. The van der Waals surface area contributed by atoms with Crippen LogP contribution in [0.15, 0.2) is 71.6 Å². The zero-order valence-corrected chi connectivity index (χ0v) is 33.0. The van der Waals surface area contributed by atoms with Crippen molar-refractivity contribution in [2.24, 2.45) is 5.41 Å². The summed E-state index contributed by atoms with van der Waals surface area (Å²) in [5.41, 5.74) is 3.17. The molecule has 3 aromatic carbocycles. The minimum Gasteiger partial charge on any atom is -0.494 e. The average molecular weight is 752 g/mol. The lowest BCUT2D eigenvalue weighted by Crippen LogP contribution is -2.54. The van der Waals surface area contributed by atoms with Crippen LogP contribution in [0.1, 0.15) is 62.1 Å². The van der Waals surface area contributed by atoms with Gasteiger partial charge in [0, 0.05) is 71.4 Å². The molecule has 3 aromatic rings. The van der Waals surface area contributed by atoms with Gasteiger partial charge >= 0.3 is 0 Å². The van der Waals surface area contributed by atoms with Gasteiger partial charge in [-0.05, 0) is 73.7 Å². The zero-order valence-electron chi connectivity index (χ0n) is 32.1. The van der Waals surface area contributed by atoms with E-state index in [9.17, 15) is 13.2 Å². The summed E-state index contributed by atoms with van der Waals surface area (Å²) >= 11 is 0. The third-order valence-electron chi connectivity index (χ3n) is 10.3. The molecule has 1 saturated heterocycles. The summed E-state index contributed by atoms with van der Waals surface area (Å²) in [5.74, 6) is 1.31. The van der Waals surface area contributed by atoms with Crippen LogP contribution in [0.25, 0.3) is 0 Å². The quantitative estimate of drug-likeness (QED) is 0.158. The normalized spacial score (nSPS) is 19.4. The Morgan fingerprint density at radius 3 is 2.38 bits per heavy atom. The summed E-state index contributed by atoms with van der Waals surface area (Å²) in [7, 11) is 1.05. The molecule has 2 aliphatic rings. The van der Waals surface area contributed by atoms with Gasteiger partial charge in [0.2, 0.25) is 15.9 Å². The van der Waals surface area contributed by atoms with E-state index in [1.54, 1.807) is 37.7 Å². The Bertz CT molecular complexity index is 1730. The maximum atomic E-state index is 14.5. The number of rotatable bonds is 18. The van der Waals surface area contributed by atoms with Gasteiger partial charge in [0.1, 0.15) is 18.1 Å². The first kappa shape index (κ1) is 40.5. The number of methoxy groups -OCH3 is 2. The van der Waals surface area contributed by atoms with Crippen LogP contribution in [-0.4, -0.2) is 98.1 Å². The first-order valence-electron chi connectivity index (χ1n) is 18.6. The second-order valence-electron chi connectivity index (χ2n) is 14.6. The van der Waals surface area contributed by atoms with E-state index in [0.29, 0.717) is 39.3 Å². The standard InChI is InChI=1S/C41H57N3O8S/c1-30-9-16-35(17-10-30)53(46,47)44-28-39(52-29-31-11-18-38-37(25-31)43(20-24-51-38)19-7-21-48-5)36(26-33(44)27-41(2,3)40(45)42-4)32-12-14-34(15-13-32)50-23-8-22-49-6/h9-18,25,33,36,39H,7-8,19-24,26-29H2,1-6H3,(H,42,45)/t33-,36+,39-/m0/s1. The molecule has 0 radical (unpaired) electrons. The van der Waals surface area contributed by atoms with Crippen molar-refractivity contribution in [3.8, 4) is 11.5 Å². The summed E-state index contributed by atoms with van der Waals surface area (Å²) < 4.78 is 59.8. The lowest BCUT2D eigenvalue weighted by molar-refractivity contribution is -0.130. The van der Waals surface area contributed by atoms with E-state index < -0.39 is 27.6 Å². The van der Waals surface area contributed by atoms with Crippen molar-refractivity contribution in [2.75, 3.05) is 72.2 Å². The largest absolute Gasteiger partial charge is 0.494 e. The number of anilines is 1. The number of piperidine rings is 1. The van der Waals surface area contributed by atoms with Crippen molar-refractivity contribution in [1.82, 2.24) is 9.62 Å². The van der Waals surface area contributed by atoms with E-state index in [1.165, 1.54) is 0 Å². The Hall–Kier alpha value is -3.68. The number of carbonyl (C=O) groups is 1. The molecule has 0 saturated carbocycles. The third-order valence-corrected chi connectivity index (χ3v) is 12.2. The highest BCUT2D eigenvalue weighted by atomic mass is 32.2. The fraction of sp³-hybridized carbons (Fsp3) is 0.537. The Morgan fingerprint density at radius 2 is 1.68 bits per heavy atom. The second kappa shape index (κ2) is 18.6. The molecule has 1 fully saturated rings. The van der Waals surface area contributed by atoms with Gasteiger partial charge in [-0.25, -0.2) is 8.42 Å². The minimum atomic E-state index is -3.95. The maximum absolute atomic E-state index is 14.5. The molecule has 0 bridgehead atoms. The molecule has 0 spiro atoms. The van der Waals surface area contributed by atoms with Crippen molar-refractivity contribution in [1.29, 1.82) is 0 Å². The predicted molar refractivity (Wildman–Crippen MR) is 206 cm³/mol. The smallest absolute Gasteiger partial charge is 0.243 e. The zero-order chi connectivity index (χ0) is 38.0. The highest BCUT2D eigenvalue weighted by Crippen LogP contribution is 2.42. The van der Waals surface area contributed by atoms with Crippen LogP contribution in [0, 0.1) is 12.3 Å². The topological polar surface area (TPSA) is 116 Å². The molecule has 1 N–H and O–H groups in total. The number of hydrogen-bond donors (Lipinski definition) is 1. The number of benzene rings is 3. The number of amides is 1. The first-order chi connectivity index (χ1) is 25.5. The summed E-state index contributed by atoms with van der Waals surface area (Å²) in [4.78, 5) is 15.6. The Kier molecular flexibility index (Phi) is 14.2. The molecular weight excluding hydrogens is 695 g/mol. The second-order valence-corrected chi connectivity index (χ2v) is 16.5. The van der Waals surface area contributed by atoms with Gasteiger partial charge in [-0.2, -0.15) is 4.31 Å². The van der Waals surface area contributed by atoms with Gasteiger partial charge in [0.15, 0.2) is 0 Å². The number of sulfonamides is 1. The van der Waals surface area contributed by atoms with Gasteiger partial charge in [-0.1, -0.05) is 49.7 Å². The highest BCUT2D eigenvalue weighted by molar-refractivity contribution is 7.89. The monoisotopic (exact) mass is 751 g/mol. The van der Waals surface area contributed by atoms with Crippen molar-refractivity contribution in [3.05, 3.63) is 83.4 Å². The highest BCUT2D eigenvalue weighted by Gasteiger charge is 2.45. The van der Waals surface area contributed by atoms with Gasteiger partial charge in [0.25, 0.3) is 0 Å². The average Bonchev–Trinajstić information content (AvgIpc) is 3.16.